The summed E-state index contributed by atoms with van der Waals surface area (Å²) in [7, 11) is 0. The van der Waals surface area contributed by atoms with Gasteiger partial charge in [0.25, 0.3) is 0 Å². The number of anilines is 1. The van der Waals surface area contributed by atoms with Crippen molar-refractivity contribution in [1.29, 1.82) is 0 Å². The van der Waals surface area contributed by atoms with Crippen LogP contribution in [0, 0.1) is 20.8 Å². The summed E-state index contributed by atoms with van der Waals surface area (Å²) in [5.41, 5.74) is 8.36. The number of fused-ring (bicyclic) bond motifs is 1. The number of ether oxygens (including phenoxy) is 2. The molecular formula is C31H33NO4. The fourth-order valence-corrected chi connectivity index (χ4v) is 4.56. The lowest BCUT2D eigenvalue weighted by Gasteiger charge is -2.15. The van der Waals surface area contributed by atoms with Crippen LogP contribution in [0.1, 0.15) is 43.0 Å². The fourth-order valence-electron chi connectivity index (χ4n) is 4.56. The number of aryl methyl sites for hydroxylation is 3. The van der Waals surface area contributed by atoms with Crippen molar-refractivity contribution in [3.05, 3.63) is 83.1 Å². The number of hydrogen-bond acceptors (Lipinski definition) is 4. The van der Waals surface area contributed by atoms with Crippen LogP contribution < -0.4 is 14.8 Å². The largest absolute Gasteiger partial charge is 0.494 e. The Balaban J connectivity index is 1.75. The highest BCUT2D eigenvalue weighted by atomic mass is 16.5. The van der Waals surface area contributed by atoms with Gasteiger partial charge in [-0.05, 0) is 94.1 Å². The molecule has 0 fully saturated rings. The molecule has 5 nitrogen and oxygen atoms in total. The first-order chi connectivity index (χ1) is 17.3. The Bertz CT molecular complexity index is 1410. The Morgan fingerprint density at radius 3 is 2.25 bits per heavy atom. The SMILES string of the molecule is CCOc1ccc(-c2coc3c(C)c(OCC)c(/C(C)=C/C(=O)Nc4cc(C)cc(C)c4)cc23)cc1. The van der Waals surface area contributed by atoms with E-state index in [1.807, 2.05) is 77.9 Å². The average Bonchev–Trinajstić information content (AvgIpc) is 3.25. The molecule has 1 N–H and O–H groups in total. The maximum absolute atomic E-state index is 12.9. The van der Waals surface area contributed by atoms with Crippen molar-refractivity contribution in [2.24, 2.45) is 0 Å². The lowest BCUT2D eigenvalue weighted by molar-refractivity contribution is -0.111. The monoisotopic (exact) mass is 483 g/mol. The van der Waals surface area contributed by atoms with Gasteiger partial charge in [-0.25, -0.2) is 0 Å². The van der Waals surface area contributed by atoms with Crippen molar-refractivity contribution >= 4 is 28.1 Å². The Morgan fingerprint density at radius 1 is 0.944 bits per heavy atom. The first-order valence-electron chi connectivity index (χ1n) is 12.3. The second-order valence-corrected chi connectivity index (χ2v) is 8.99. The van der Waals surface area contributed by atoms with Gasteiger partial charge in [-0.3, -0.25) is 4.79 Å². The molecule has 4 aromatic rings. The molecule has 1 amide bonds. The predicted molar refractivity (Wildman–Crippen MR) is 147 cm³/mol. The van der Waals surface area contributed by atoms with Crippen LogP contribution in [0.25, 0.3) is 27.7 Å². The van der Waals surface area contributed by atoms with Gasteiger partial charge in [-0.2, -0.15) is 0 Å². The summed E-state index contributed by atoms with van der Waals surface area (Å²) >= 11 is 0. The maximum atomic E-state index is 12.9. The molecule has 36 heavy (non-hydrogen) atoms. The molecule has 0 spiro atoms. The number of amides is 1. The van der Waals surface area contributed by atoms with Gasteiger partial charge < -0.3 is 19.2 Å². The van der Waals surface area contributed by atoms with E-state index in [9.17, 15) is 4.79 Å². The number of nitrogens with one attached hydrogen (secondary N) is 1. The minimum absolute atomic E-state index is 0.184. The number of hydrogen-bond donors (Lipinski definition) is 1. The zero-order valence-corrected chi connectivity index (χ0v) is 21.8. The molecule has 0 aliphatic rings. The van der Waals surface area contributed by atoms with Crippen molar-refractivity contribution in [2.75, 3.05) is 18.5 Å². The van der Waals surface area contributed by atoms with Gasteiger partial charge in [0, 0.05) is 33.8 Å². The van der Waals surface area contributed by atoms with Crippen LogP contribution >= 0.6 is 0 Å². The van der Waals surface area contributed by atoms with Gasteiger partial charge in [0.1, 0.15) is 17.1 Å². The minimum atomic E-state index is -0.184. The van der Waals surface area contributed by atoms with E-state index in [2.05, 4.69) is 17.4 Å². The zero-order valence-electron chi connectivity index (χ0n) is 21.8. The maximum Gasteiger partial charge on any atom is 0.248 e. The van der Waals surface area contributed by atoms with Crippen LogP contribution in [0.4, 0.5) is 5.69 Å². The van der Waals surface area contributed by atoms with Gasteiger partial charge in [-0.1, -0.05) is 18.2 Å². The fraction of sp³-hybridized carbons (Fsp3) is 0.258. The normalized spacial score (nSPS) is 11.6. The smallest absolute Gasteiger partial charge is 0.248 e. The molecular weight excluding hydrogens is 450 g/mol. The summed E-state index contributed by atoms with van der Waals surface area (Å²) in [5, 5.41) is 3.96. The van der Waals surface area contributed by atoms with Crippen molar-refractivity contribution in [1.82, 2.24) is 0 Å². The number of allylic oxidation sites excluding steroid dienone is 1. The molecule has 0 radical (unpaired) electrons. The van der Waals surface area contributed by atoms with Crippen LogP contribution in [0.2, 0.25) is 0 Å². The molecule has 0 saturated carbocycles. The molecule has 0 bridgehead atoms. The summed E-state index contributed by atoms with van der Waals surface area (Å²) in [4.78, 5) is 12.9. The highest BCUT2D eigenvalue weighted by Gasteiger charge is 2.19. The van der Waals surface area contributed by atoms with Gasteiger partial charge >= 0.3 is 0 Å². The lowest BCUT2D eigenvalue weighted by Crippen LogP contribution is -2.09. The third-order valence-corrected chi connectivity index (χ3v) is 6.07. The van der Waals surface area contributed by atoms with E-state index >= 15 is 0 Å². The molecule has 1 aromatic heterocycles. The molecule has 1 heterocycles. The average molecular weight is 484 g/mol. The molecule has 0 saturated heterocycles. The van der Waals surface area contributed by atoms with Gasteiger partial charge in [0.2, 0.25) is 5.91 Å². The molecule has 0 atom stereocenters. The van der Waals surface area contributed by atoms with Gasteiger partial charge in [0.05, 0.1) is 19.5 Å². The molecule has 0 unspecified atom stereocenters. The minimum Gasteiger partial charge on any atom is -0.494 e. The van der Waals surface area contributed by atoms with Gasteiger partial charge in [-0.15, -0.1) is 0 Å². The second kappa shape index (κ2) is 10.7. The van der Waals surface area contributed by atoms with E-state index in [1.165, 1.54) is 0 Å². The van der Waals surface area contributed by atoms with Crippen LogP contribution in [0.15, 0.2) is 65.3 Å². The van der Waals surface area contributed by atoms with E-state index in [4.69, 9.17) is 13.9 Å². The van der Waals surface area contributed by atoms with E-state index in [1.54, 1.807) is 12.3 Å². The zero-order chi connectivity index (χ0) is 25.8. The van der Waals surface area contributed by atoms with E-state index in [0.717, 1.165) is 67.1 Å². The molecule has 186 valence electrons. The highest BCUT2D eigenvalue weighted by molar-refractivity contribution is 6.06. The quantitative estimate of drug-likeness (QED) is 0.259. The molecule has 4 rings (SSSR count). The van der Waals surface area contributed by atoms with Crippen LogP contribution in [0.3, 0.4) is 0 Å². The third-order valence-electron chi connectivity index (χ3n) is 6.07. The molecule has 5 heteroatoms. The van der Waals surface area contributed by atoms with E-state index in [0.29, 0.717) is 13.2 Å². The summed E-state index contributed by atoms with van der Waals surface area (Å²) < 4.78 is 17.6. The Labute approximate surface area is 212 Å². The summed E-state index contributed by atoms with van der Waals surface area (Å²) in [6.45, 7) is 13.0. The number of carbonyl (C=O) groups excluding carboxylic acids is 1. The standard InChI is InChI=1S/C31H33NO4/c1-7-34-25-11-9-23(10-12-25)28-18-36-31-22(6)30(35-8-2)26(17-27(28)31)21(5)16-29(33)32-24-14-19(3)13-20(4)15-24/h9-18H,7-8H2,1-6H3,(H,32,33)/b21-16+. The van der Waals surface area contributed by atoms with Crippen molar-refractivity contribution < 1.29 is 18.7 Å². The predicted octanol–water partition coefficient (Wildman–Crippen LogP) is 7.86. The molecule has 0 aliphatic heterocycles. The van der Waals surface area contributed by atoms with Gasteiger partial charge in [0.15, 0.2) is 0 Å². The lowest BCUT2D eigenvalue weighted by atomic mass is 9.96. The first kappa shape index (κ1) is 25.1. The van der Waals surface area contributed by atoms with Crippen molar-refractivity contribution in [3.8, 4) is 22.6 Å². The highest BCUT2D eigenvalue weighted by Crippen LogP contribution is 2.41. The topological polar surface area (TPSA) is 60.7 Å². The van der Waals surface area contributed by atoms with E-state index < -0.39 is 0 Å². The summed E-state index contributed by atoms with van der Waals surface area (Å²) in [5.74, 6) is 1.38. The Kier molecular flexibility index (Phi) is 7.49. The van der Waals surface area contributed by atoms with Crippen LogP contribution in [-0.4, -0.2) is 19.1 Å². The molecule has 0 aliphatic carbocycles. The Morgan fingerprint density at radius 2 is 1.61 bits per heavy atom. The van der Waals surface area contributed by atoms with Crippen molar-refractivity contribution in [2.45, 2.75) is 41.5 Å². The third kappa shape index (κ3) is 5.30. The van der Waals surface area contributed by atoms with E-state index in [-0.39, 0.29) is 5.91 Å². The Hall–Kier alpha value is -3.99. The van der Waals surface area contributed by atoms with Crippen LogP contribution in [-0.2, 0) is 4.79 Å². The van der Waals surface area contributed by atoms with Crippen LogP contribution in [0.5, 0.6) is 11.5 Å². The van der Waals surface area contributed by atoms with Crippen molar-refractivity contribution in [3.63, 3.8) is 0 Å². The number of furan rings is 1. The second-order valence-electron chi connectivity index (χ2n) is 8.99. The summed E-state index contributed by atoms with van der Waals surface area (Å²) in [6, 6.07) is 16.0. The summed E-state index contributed by atoms with van der Waals surface area (Å²) in [6.07, 6.45) is 3.40. The molecule has 3 aromatic carbocycles. The number of carbonyl (C=O) groups is 1. The number of rotatable bonds is 8. The number of benzene rings is 3. The first-order valence-corrected chi connectivity index (χ1v) is 12.3.